The summed E-state index contributed by atoms with van der Waals surface area (Å²) in [5.41, 5.74) is 2.03. The third kappa shape index (κ3) is 1.82. The van der Waals surface area contributed by atoms with Gasteiger partial charge in [-0.25, -0.2) is 0 Å². The smallest absolute Gasteiger partial charge is 0.264 e. The lowest BCUT2D eigenvalue weighted by atomic mass is 10.0. The van der Waals surface area contributed by atoms with Crippen LogP contribution in [-0.2, 0) is 4.79 Å². The summed E-state index contributed by atoms with van der Waals surface area (Å²) in [5, 5.41) is 0. The summed E-state index contributed by atoms with van der Waals surface area (Å²) in [7, 11) is 1.78. The van der Waals surface area contributed by atoms with Gasteiger partial charge in [0.05, 0.1) is 10.2 Å². The van der Waals surface area contributed by atoms with E-state index in [9.17, 15) is 4.79 Å². The van der Waals surface area contributed by atoms with E-state index in [2.05, 4.69) is 29.8 Å². The number of ether oxygens (including phenoxy) is 1. The summed E-state index contributed by atoms with van der Waals surface area (Å²) in [5.74, 6) is 1.17. The summed E-state index contributed by atoms with van der Waals surface area (Å²) in [6, 6.07) is 4.06. The predicted molar refractivity (Wildman–Crippen MR) is 67.1 cm³/mol. The maximum atomic E-state index is 11.5. The van der Waals surface area contributed by atoms with Gasteiger partial charge in [0.25, 0.3) is 5.91 Å². The van der Waals surface area contributed by atoms with Gasteiger partial charge in [0, 0.05) is 7.05 Å². The molecule has 0 saturated carbocycles. The molecular formula is C12H14BrNO2. The summed E-state index contributed by atoms with van der Waals surface area (Å²) in [6.07, 6.45) is 0. The number of halogens is 1. The van der Waals surface area contributed by atoms with E-state index in [0.717, 1.165) is 15.9 Å². The van der Waals surface area contributed by atoms with Gasteiger partial charge in [0.1, 0.15) is 0 Å². The largest absolute Gasteiger partial charge is 0.480 e. The molecule has 1 heterocycles. The van der Waals surface area contributed by atoms with Crippen molar-refractivity contribution in [2.45, 2.75) is 19.8 Å². The van der Waals surface area contributed by atoms with Crippen LogP contribution in [0.15, 0.2) is 16.6 Å². The molecule has 0 saturated heterocycles. The highest BCUT2D eigenvalue weighted by molar-refractivity contribution is 9.10. The molecule has 1 aliphatic heterocycles. The van der Waals surface area contributed by atoms with Crippen molar-refractivity contribution in [1.29, 1.82) is 0 Å². The number of amides is 1. The van der Waals surface area contributed by atoms with Gasteiger partial charge in [-0.2, -0.15) is 0 Å². The van der Waals surface area contributed by atoms with E-state index < -0.39 is 0 Å². The second kappa shape index (κ2) is 4.09. The number of benzene rings is 1. The van der Waals surface area contributed by atoms with Crippen molar-refractivity contribution < 1.29 is 9.53 Å². The van der Waals surface area contributed by atoms with Crippen molar-refractivity contribution in [3.63, 3.8) is 0 Å². The van der Waals surface area contributed by atoms with E-state index in [1.165, 1.54) is 5.56 Å². The predicted octanol–water partition coefficient (Wildman–Crippen LogP) is 2.93. The van der Waals surface area contributed by atoms with Gasteiger partial charge in [0.2, 0.25) is 0 Å². The first-order valence-electron chi connectivity index (χ1n) is 5.23. The number of rotatable bonds is 1. The maximum absolute atomic E-state index is 11.5. The van der Waals surface area contributed by atoms with Gasteiger partial charge in [0.15, 0.2) is 12.4 Å². The molecule has 0 aliphatic carbocycles. The Morgan fingerprint density at radius 2 is 2.12 bits per heavy atom. The van der Waals surface area contributed by atoms with Crippen molar-refractivity contribution >= 4 is 27.5 Å². The first-order chi connectivity index (χ1) is 7.50. The molecule has 86 valence electrons. The monoisotopic (exact) mass is 283 g/mol. The van der Waals surface area contributed by atoms with E-state index in [-0.39, 0.29) is 12.5 Å². The van der Waals surface area contributed by atoms with E-state index in [1.807, 2.05) is 12.1 Å². The molecule has 0 bridgehead atoms. The summed E-state index contributed by atoms with van der Waals surface area (Å²) in [4.78, 5) is 13.2. The number of likely N-dealkylation sites (N-methyl/N-ethyl adjacent to an activating group) is 1. The minimum Gasteiger partial charge on any atom is -0.480 e. The molecule has 0 unspecified atom stereocenters. The Labute approximate surface area is 104 Å². The number of carbonyl (C=O) groups excluding carboxylic acids is 1. The molecule has 1 aromatic carbocycles. The van der Waals surface area contributed by atoms with Crippen LogP contribution < -0.4 is 9.64 Å². The zero-order valence-corrected chi connectivity index (χ0v) is 11.2. The molecule has 2 rings (SSSR count). The Hall–Kier alpha value is -1.03. The highest BCUT2D eigenvalue weighted by Crippen LogP contribution is 2.40. The molecule has 16 heavy (non-hydrogen) atoms. The Bertz CT molecular complexity index is 443. The van der Waals surface area contributed by atoms with Gasteiger partial charge in [-0.15, -0.1) is 0 Å². The first-order valence-corrected chi connectivity index (χ1v) is 6.02. The van der Waals surface area contributed by atoms with Crippen molar-refractivity contribution in [3.8, 4) is 5.75 Å². The first kappa shape index (κ1) is 11.5. The molecule has 1 aliphatic rings. The third-order valence-corrected chi connectivity index (χ3v) is 3.38. The van der Waals surface area contributed by atoms with Gasteiger partial charge in [-0.3, -0.25) is 4.79 Å². The Kier molecular flexibility index (Phi) is 2.93. The van der Waals surface area contributed by atoms with Crippen LogP contribution in [0.1, 0.15) is 25.3 Å². The molecule has 3 nitrogen and oxygen atoms in total. The Morgan fingerprint density at radius 3 is 2.75 bits per heavy atom. The fourth-order valence-corrected chi connectivity index (χ4v) is 2.27. The van der Waals surface area contributed by atoms with Crippen LogP contribution in [0.25, 0.3) is 0 Å². The van der Waals surface area contributed by atoms with Gasteiger partial charge in [-0.1, -0.05) is 13.8 Å². The molecule has 0 N–H and O–H groups in total. The fraction of sp³-hybridized carbons (Fsp3) is 0.417. The summed E-state index contributed by atoms with van der Waals surface area (Å²) < 4.78 is 6.34. The molecule has 0 radical (unpaired) electrons. The number of carbonyl (C=O) groups is 1. The minimum absolute atomic E-state index is 0.0136. The van der Waals surface area contributed by atoms with Crippen LogP contribution in [0.2, 0.25) is 0 Å². The van der Waals surface area contributed by atoms with Gasteiger partial charge < -0.3 is 9.64 Å². The topological polar surface area (TPSA) is 29.5 Å². The Morgan fingerprint density at radius 1 is 1.44 bits per heavy atom. The Balaban J connectivity index is 2.56. The van der Waals surface area contributed by atoms with Crippen molar-refractivity contribution in [2.24, 2.45) is 0 Å². The molecule has 0 aromatic heterocycles. The number of hydrogen-bond donors (Lipinski definition) is 0. The van der Waals surface area contributed by atoms with Gasteiger partial charge >= 0.3 is 0 Å². The van der Waals surface area contributed by atoms with Gasteiger partial charge in [-0.05, 0) is 39.5 Å². The maximum Gasteiger partial charge on any atom is 0.264 e. The minimum atomic E-state index is -0.0136. The average molecular weight is 284 g/mol. The molecule has 0 fully saturated rings. The summed E-state index contributed by atoms with van der Waals surface area (Å²) >= 11 is 3.49. The molecule has 0 atom stereocenters. The normalized spacial score (nSPS) is 15.1. The average Bonchev–Trinajstić information content (AvgIpc) is 2.23. The quantitative estimate of drug-likeness (QED) is 0.793. The van der Waals surface area contributed by atoms with Crippen LogP contribution in [0, 0.1) is 0 Å². The lowest BCUT2D eigenvalue weighted by Crippen LogP contribution is -2.35. The number of anilines is 1. The van der Waals surface area contributed by atoms with Crippen LogP contribution in [0.4, 0.5) is 5.69 Å². The second-order valence-corrected chi connectivity index (χ2v) is 5.10. The lowest BCUT2D eigenvalue weighted by molar-refractivity contribution is -0.121. The zero-order valence-electron chi connectivity index (χ0n) is 9.58. The second-order valence-electron chi connectivity index (χ2n) is 4.25. The van der Waals surface area contributed by atoms with Crippen LogP contribution in [0.5, 0.6) is 5.75 Å². The third-order valence-electron chi connectivity index (χ3n) is 2.79. The zero-order chi connectivity index (χ0) is 11.9. The molecule has 1 aromatic rings. The number of hydrogen-bond acceptors (Lipinski definition) is 2. The van der Waals surface area contributed by atoms with Crippen molar-refractivity contribution in [1.82, 2.24) is 0 Å². The highest BCUT2D eigenvalue weighted by Gasteiger charge is 2.25. The molecule has 0 spiro atoms. The lowest BCUT2D eigenvalue weighted by Gasteiger charge is -2.27. The van der Waals surface area contributed by atoms with E-state index in [0.29, 0.717) is 5.92 Å². The number of fused-ring (bicyclic) bond motifs is 1. The van der Waals surface area contributed by atoms with E-state index >= 15 is 0 Å². The molecule has 1 amide bonds. The number of nitrogens with zero attached hydrogens (tertiary/aromatic N) is 1. The summed E-state index contributed by atoms with van der Waals surface area (Å²) in [6.45, 7) is 4.36. The standard InChI is InChI=1S/C12H14BrNO2/c1-7(2)8-4-9(13)12-10(5-8)14(3)11(15)6-16-12/h4-5,7H,6H2,1-3H3. The van der Waals surface area contributed by atoms with Crippen LogP contribution in [0.3, 0.4) is 0 Å². The molecule has 4 heteroatoms. The fourth-order valence-electron chi connectivity index (χ4n) is 1.69. The molecular weight excluding hydrogens is 270 g/mol. The van der Waals surface area contributed by atoms with E-state index in [1.54, 1.807) is 11.9 Å². The SMILES string of the molecule is CC(C)c1cc(Br)c2c(c1)N(C)C(=O)CO2. The van der Waals surface area contributed by atoms with Crippen LogP contribution in [-0.4, -0.2) is 19.6 Å². The van der Waals surface area contributed by atoms with E-state index in [4.69, 9.17) is 4.74 Å². The highest BCUT2D eigenvalue weighted by atomic mass is 79.9. The van der Waals surface area contributed by atoms with Crippen LogP contribution >= 0.6 is 15.9 Å². The van der Waals surface area contributed by atoms with Crippen molar-refractivity contribution in [2.75, 3.05) is 18.6 Å². The van der Waals surface area contributed by atoms with Crippen molar-refractivity contribution in [3.05, 3.63) is 22.2 Å².